The normalized spacial score (nSPS) is 17.2. The van der Waals surface area contributed by atoms with Gasteiger partial charge >= 0.3 is 0 Å². The van der Waals surface area contributed by atoms with Gasteiger partial charge in [-0.05, 0) is 37.2 Å². The second-order valence-electron chi connectivity index (χ2n) is 4.73. The molecule has 0 unspecified atom stereocenters. The zero-order valence-corrected chi connectivity index (χ0v) is 11.8. The Morgan fingerprint density at radius 3 is 2.56 bits per heavy atom. The molecule has 1 fully saturated rings. The zero-order valence-electron chi connectivity index (χ0n) is 11.0. The summed E-state index contributed by atoms with van der Waals surface area (Å²) in [6, 6.07) is 6.14. The van der Waals surface area contributed by atoms with E-state index in [9.17, 15) is 0 Å². The van der Waals surface area contributed by atoms with Crippen molar-refractivity contribution in [2.75, 3.05) is 44.2 Å². The molecule has 2 N–H and O–H groups in total. The van der Waals surface area contributed by atoms with E-state index in [0.29, 0.717) is 6.54 Å². The van der Waals surface area contributed by atoms with E-state index < -0.39 is 0 Å². The Hall–Kier alpha value is -0.770. The molecule has 18 heavy (non-hydrogen) atoms. The van der Waals surface area contributed by atoms with Crippen LogP contribution in [0.25, 0.3) is 0 Å². The molecule has 0 radical (unpaired) electrons. The van der Waals surface area contributed by atoms with Crippen molar-refractivity contribution in [2.45, 2.75) is 13.3 Å². The van der Waals surface area contributed by atoms with Crippen molar-refractivity contribution in [3.05, 3.63) is 28.8 Å². The molecule has 0 aliphatic carbocycles. The van der Waals surface area contributed by atoms with Crippen molar-refractivity contribution in [1.82, 2.24) is 4.90 Å². The van der Waals surface area contributed by atoms with Crippen LogP contribution in [0, 0.1) is 0 Å². The topological polar surface area (TPSA) is 32.5 Å². The van der Waals surface area contributed by atoms with E-state index in [1.54, 1.807) is 0 Å². The Labute approximate surface area is 115 Å². The summed E-state index contributed by atoms with van der Waals surface area (Å²) in [5.41, 5.74) is 8.26. The molecular weight excluding hydrogens is 246 g/mol. The lowest BCUT2D eigenvalue weighted by atomic mass is 10.1. The summed E-state index contributed by atoms with van der Waals surface area (Å²) in [5, 5.41) is 0.809. The molecule has 4 heteroatoms. The molecule has 3 nitrogen and oxygen atoms in total. The maximum absolute atomic E-state index is 6.12. The SMILES string of the molecule is CCN1CCN(c2cc(Cl)ccc2CCN)CC1. The van der Waals surface area contributed by atoms with Crippen LogP contribution in [-0.4, -0.2) is 44.2 Å². The van der Waals surface area contributed by atoms with Crippen LogP contribution in [0.1, 0.15) is 12.5 Å². The third kappa shape index (κ3) is 3.16. The van der Waals surface area contributed by atoms with E-state index in [4.69, 9.17) is 17.3 Å². The maximum Gasteiger partial charge on any atom is 0.0426 e. The highest BCUT2D eigenvalue weighted by atomic mass is 35.5. The Balaban J connectivity index is 2.14. The van der Waals surface area contributed by atoms with Crippen molar-refractivity contribution in [1.29, 1.82) is 0 Å². The van der Waals surface area contributed by atoms with Gasteiger partial charge in [0, 0.05) is 36.9 Å². The van der Waals surface area contributed by atoms with Gasteiger partial charge in [-0.15, -0.1) is 0 Å². The number of likely N-dealkylation sites (N-methyl/N-ethyl adjacent to an activating group) is 1. The summed E-state index contributed by atoms with van der Waals surface area (Å²) in [6.07, 6.45) is 0.917. The van der Waals surface area contributed by atoms with Gasteiger partial charge in [0.25, 0.3) is 0 Å². The lowest BCUT2D eigenvalue weighted by molar-refractivity contribution is 0.271. The Morgan fingerprint density at radius 1 is 1.22 bits per heavy atom. The number of piperazine rings is 1. The number of anilines is 1. The van der Waals surface area contributed by atoms with Crippen molar-refractivity contribution < 1.29 is 0 Å². The van der Waals surface area contributed by atoms with Crippen LogP contribution >= 0.6 is 11.6 Å². The summed E-state index contributed by atoms with van der Waals surface area (Å²) in [7, 11) is 0. The molecule has 0 aromatic heterocycles. The standard InChI is InChI=1S/C14H22ClN3/c1-2-17-7-9-18(10-8-17)14-11-13(15)4-3-12(14)5-6-16/h3-4,11H,2,5-10,16H2,1H3. The number of hydrogen-bond donors (Lipinski definition) is 1. The number of benzene rings is 1. The first kappa shape index (κ1) is 13.7. The number of nitrogens with zero attached hydrogens (tertiary/aromatic N) is 2. The lowest BCUT2D eigenvalue weighted by Crippen LogP contribution is -2.46. The third-order valence-corrected chi connectivity index (χ3v) is 3.86. The van der Waals surface area contributed by atoms with Crippen LogP contribution in [0.3, 0.4) is 0 Å². The zero-order chi connectivity index (χ0) is 13.0. The van der Waals surface area contributed by atoms with Gasteiger partial charge in [-0.25, -0.2) is 0 Å². The number of hydrogen-bond acceptors (Lipinski definition) is 3. The number of rotatable bonds is 4. The second-order valence-corrected chi connectivity index (χ2v) is 5.17. The molecule has 0 amide bonds. The summed E-state index contributed by atoms with van der Waals surface area (Å²) in [4.78, 5) is 4.91. The van der Waals surface area contributed by atoms with Gasteiger partial charge in [0.15, 0.2) is 0 Å². The smallest absolute Gasteiger partial charge is 0.0426 e. The highest BCUT2D eigenvalue weighted by Crippen LogP contribution is 2.26. The van der Waals surface area contributed by atoms with Crippen LogP contribution in [-0.2, 0) is 6.42 Å². The molecule has 1 heterocycles. The van der Waals surface area contributed by atoms with Crippen LogP contribution in [0.4, 0.5) is 5.69 Å². The predicted octanol–water partition coefficient (Wildman–Crippen LogP) is 1.98. The molecule has 1 saturated heterocycles. The Morgan fingerprint density at radius 2 is 1.94 bits per heavy atom. The number of halogens is 1. The van der Waals surface area contributed by atoms with E-state index >= 15 is 0 Å². The van der Waals surface area contributed by atoms with Crippen molar-refractivity contribution in [2.24, 2.45) is 5.73 Å². The van der Waals surface area contributed by atoms with Gasteiger partial charge in [0.2, 0.25) is 0 Å². The highest BCUT2D eigenvalue weighted by molar-refractivity contribution is 6.30. The minimum absolute atomic E-state index is 0.684. The average molecular weight is 268 g/mol. The van der Waals surface area contributed by atoms with Crippen molar-refractivity contribution >= 4 is 17.3 Å². The van der Waals surface area contributed by atoms with E-state index in [-0.39, 0.29) is 0 Å². The Kier molecular flexibility index (Phi) is 4.87. The first-order chi connectivity index (χ1) is 8.74. The minimum Gasteiger partial charge on any atom is -0.369 e. The third-order valence-electron chi connectivity index (χ3n) is 3.62. The van der Waals surface area contributed by atoms with Crippen molar-refractivity contribution in [3.8, 4) is 0 Å². The average Bonchev–Trinajstić information content (AvgIpc) is 2.41. The molecule has 0 atom stereocenters. The monoisotopic (exact) mass is 267 g/mol. The first-order valence-electron chi connectivity index (χ1n) is 6.70. The van der Waals surface area contributed by atoms with Crippen LogP contribution in [0.15, 0.2) is 18.2 Å². The second kappa shape index (κ2) is 6.41. The molecule has 1 aliphatic heterocycles. The van der Waals surface area contributed by atoms with Crippen LogP contribution in [0.5, 0.6) is 0 Å². The van der Waals surface area contributed by atoms with Crippen LogP contribution in [0.2, 0.25) is 5.02 Å². The van der Waals surface area contributed by atoms with E-state index in [2.05, 4.69) is 28.9 Å². The molecule has 0 saturated carbocycles. The minimum atomic E-state index is 0.684. The maximum atomic E-state index is 6.12. The molecule has 1 aromatic carbocycles. The van der Waals surface area contributed by atoms with Crippen molar-refractivity contribution in [3.63, 3.8) is 0 Å². The van der Waals surface area contributed by atoms with Gasteiger partial charge in [-0.3, -0.25) is 0 Å². The fraction of sp³-hybridized carbons (Fsp3) is 0.571. The van der Waals surface area contributed by atoms with Gasteiger partial charge in [0.05, 0.1) is 0 Å². The largest absolute Gasteiger partial charge is 0.369 e. The summed E-state index contributed by atoms with van der Waals surface area (Å²) in [5.74, 6) is 0. The summed E-state index contributed by atoms with van der Waals surface area (Å²) < 4.78 is 0. The lowest BCUT2D eigenvalue weighted by Gasteiger charge is -2.36. The highest BCUT2D eigenvalue weighted by Gasteiger charge is 2.18. The summed E-state index contributed by atoms with van der Waals surface area (Å²) in [6.45, 7) is 8.45. The quantitative estimate of drug-likeness (QED) is 0.906. The Bertz CT molecular complexity index is 387. The van der Waals surface area contributed by atoms with Gasteiger partial charge < -0.3 is 15.5 Å². The summed E-state index contributed by atoms with van der Waals surface area (Å²) >= 11 is 6.12. The number of nitrogens with two attached hydrogens (primary N) is 1. The molecule has 1 aromatic rings. The van der Waals surface area contributed by atoms with Gasteiger partial charge in [-0.1, -0.05) is 24.6 Å². The fourth-order valence-electron chi connectivity index (χ4n) is 2.50. The first-order valence-corrected chi connectivity index (χ1v) is 7.08. The van der Waals surface area contributed by atoms with E-state index in [1.807, 2.05) is 6.07 Å². The predicted molar refractivity (Wildman–Crippen MR) is 78.5 cm³/mol. The van der Waals surface area contributed by atoms with E-state index in [0.717, 1.165) is 44.2 Å². The molecule has 2 rings (SSSR count). The molecule has 0 spiro atoms. The molecule has 100 valence electrons. The molecular formula is C14H22ClN3. The molecule has 0 bridgehead atoms. The fourth-order valence-corrected chi connectivity index (χ4v) is 2.67. The molecule has 1 aliphatic rings. The van der Waals surface area contributed by atoms with Gasteiger partial charge in [0.1, 0.15) is 0 Å². The van der Waals surface area contributed by atoms with E-state index in [1.165, 1.54) is 11.3 Å². The van der Waals surface area contributed by atoms with Gasteiger partial charge in [-0.2, -0.15) is 0 Å². The van der Waals surface area contributed by atoms with Crippen LogP contribution < -0.4 is 10.6 Å².